The summed E-state index contributed by atoms with van der Waals surface area (Å²) >= 11 is 5.75. The van der Waals surface area contributed by atoms with E-state index in [1.54, 1.807) is 0 Å². The van der Waals surface area contributed by atoms with Crippen molar-refractivity contribution in [3.05, 3.63) is 34.6 Å². The lowest BCUT2D eigenvalue weighted by molar-refractivity contribution is 0.0943. The molecule has 18 heavy (non-hydrogen) atoms. The molecular weight excluding hydrogens is 255 g/mol. The maximum atomic E-state index is 13.5. The molecule has 5 heteroatoms. The zero-order chi connectivity index (χ0) is 13.1. The van der Waals surface area contributed by atoms with E-state index in [2.05, 4.69) is 17.3 Å². The monoisotopic (exact) mass is 270 g/mol. The smallest absolute Gasteiger partial charge is 0.254 e. The quantitative estimate of drug-likeness (QED) is 0.913. The molecule has 0 spiro atoms. The number of nitrogens with zero attached hydrogens (tertiary/aromatic N) is 1. The van der Waals surface area contributed by atoms with Crippen LogP contribution in [0.25, 0.3) is 0 Å². The van der Waals surface area contributed by atoms with Crippen LogP contribution in [0.5, 0.6) is 0 Å². The summed E-state index contributed by atoms with van der Waals surface area (Å²) in [6.07, 6.45) is 1.06. The summed E-state index contributed by atoms with van der Waals surface area (Å²) in [5.74, 6) is -0.494. The number of halogens is 2. The molecule has 1 aromatic rings. The van der Waals surface area contributed by atoms with Crippen LogP contribution in [0.3, 0.4) is 0 Å². The molecule has 1 N–H and O–H groups in total. The number of carbonyl (C=O) groups excluding carboxylic acids is 1. The third-order valence-corrected chi connectivity index (χ3v) is 3.45. The Hall–Kier alpha value is -1.13. The minimum atomic E-state index is -0.541. The predicted molar refractivity (Wildman–Crippen MR) is 69.3 cm³/mol. The number of amides is 1. The topological polar surface area (TPSA) is 32.3 Å². The molecule has 2 rings (SSSR count). The van der Waals surface area contributed by atoms with Crippen LogP contribution in [0.15, 0.2) is 18.2 Å². The molecule has 0 radical (unpaired) electrons. The van der Waals surface area contributed by atoms with Crippen molar-refractivity contribution in [2.75, 3.05) is 26.7 Å². The maximum Gasteiger partial charge on any atom is 0.254 e. The number of hydrogen-bond donors (Lipinski definition) is 1. The number of rotatable bonds is 3. The summed E-state index contributed by atoms with van der Waals surface area (Å²) < 4.78 is 13.5. The largest absolute Gasteiger partial charge is 0.352 e. The first-order valence-electron chi connectivity index (χ1n) is 5.98. The molecule has 1 aliphatic heterocycles. The van der Waals surface area contributed by atoms with E-state index in [-0.39, 0.29) is 5.56 Å². The molecule has 1 amide bonds. The zero-order valence-electron chi connectivity index (χ0n) is 10.2. The van der Waals surface area contributed by atoms with Gasteiger partial charge in [-0.1, -0.05) is 11.6 Å². The molecule has 1 unspecified atom stereocenters. The standard InChI is InChI=1S/C13H16ClFN2O/c1-17-5-4-9(8-17)7-16-13(18)11-6-10(14)2-3-12(11)15/h2-3,6,9H,4-5,7-8H2,1H3,(H,16,18). The van der Waals surface area contributed by atoms with Gasteiger partial charge in [-0.15, -0.1) is 0 Å². The number of hydrogen-bond acceptors (Lipinski definition) is 2. The Labute approximate surface area is 111 Å². The second-order valence-electron chi connectivity index (χ2n) is 4.75. The van der Waals surface area contributed by atoms with Gasteiger partial charge in [-0.3, -0.25) is 4.79 Å². The van der Waals surface area contributed by atoms with E-state index in [1.165, 1.54) is 18.2 Å². The molecule has 0 saturated carbocycles. The van der Waals surface area contributed by atoms with Gasteiger partial charge in [0.1, 0.15) is 5.82 Å². The molecule has 0 bridgehead atoms. The van der Waals surface area contributed by atoms with Crippen LogP contribution in [-0.4, -0.2) is 37.5 Å². The Kier molecular flexibility index (Phi) is 4.19. The first-order valence-corrected chi connectivity index (χ1v) is 6.36. The molecule has 0 aromatic heterocycles. The van der Waals surface area contributed by atoms with Crippen molar-refractivity contribution in [2.24, 2.45) is 5.92 Å². The average Bonchev–Trinajstić information content (AvgIpc) is 2.75. The Balaban J connectivity index is 1.93. The van der Waals surface area contributed by atoms with Gasteiger partial charge in [-0.2, -0.15) is 0 Å². The average molecular weight is 271 g/mol. The van der Waals surface area contributed by atoms with Crippen molar-refractivity contribution in [2.45, 2.75) is 6.42 Å². The Morgan fingerprint density at radius 1 is 1.61 bits per heavy atom. The fourth-order valence-corrected chi connectivity index (χ4v) is 2.37. The molecule has 1 heterocycles. The van der Waals surface area contributed by atoms with E-state index in [0.29, 0.717) is 17.5 Å². The first-order chi connectivity index (χ1) is 8.56. The van der Waals surface area contributed by atoms with Crippen molar-refractivity contribution in [1.82, 2.24) is 10.2 Å². The Bertz CT molecular complexity index is 453. The van der Waals surface area contributed by atoms with E-state index in [9.17, 15) is 9.18 Å². The van der Waals surface area contributed by atoms with Gasteiger partial charge in [0.2, 0.25) is 0 Å². The van der Waals surface area contributed by atoms with E-state index >= 15 is 0 Å². The minimum absolute atomic E-state index is 0.00820. The summed E-state index contributed by atoms with van der Waals surface area (Å²) in [5.41, 5.74) is 0.00820. The Morgan fingerprint density at radius 2 is 2.39 bits per heavy atom. The van der Waals surface area contributed by atoms with Gasteiger partial charge >= 0.3 is 0 Å². The summed E-state index contributed by atoms with van der Waals surface area (Å²) in [6.45, 7) is 2.60. The highest BCUT2D eigenvalue weighted by atomic mass is 35.5. The number of likely N-dealkylation sites (tertiary alicyclic amines) is 1. The van der Waals surface area contributed by atoms with Gasteiger partial charge in [-0.25, -0.2) is 4.39 Å². The van der Waals surface area contributed by atoms with Gasteiger partial charge in [0, 0.05) is 18.1 Å². The second kappa shape index (κ2) is 5.67. The fourth-order valence-electron chi connectivity index (χ4n) is 2.20. The third-order valence-electron chi connectivity index (χ3n) is 3.21. The van der Waals surface area contributed by atoms with Crippen molar-refractivity contribution in [3.8, 4) is 0 Å². The molecule has 3 nitrogen and oxygen atoms in total. The molecule has 1 saturated heterocycles. The number of benzene rings is 1. The number of nitrogens with one attached hydrogen (secondary N) is 1. The fraction of sp³-hybridized carbons (Fsp3) is 0.462. The summed E-state index contributed by atoms with van der Waals surface area (Å²) in [7, 11) is 2.05. The molecular formula is C13H16ClFN2O. The molecule has 1 atom stereocenters. The van der Waals surface area contributed by atoms with Crippen molar-refractivity contribution in [1.29, 1.82) is 0 Å². The van der Waals surface area contributed by atoms with Crippen molar-refractivity contribution < 1.29 is 9.18 Å². The molecule has 1 aliphatic rings. The van der Waals surface area contributed by atoms with Crippen LogP contribution < -0.4 is 5.32 Å². The summed E-state index contributed by atoms with van der Waals surface area (Å²) in [6, 6.07) is 3.99. The second-order valence-corrected chi connectivity index (χ2v) is 5.19. The first kappa shape index (κ1) is 13.3. The van der Waals surface area contributed by atoms with E-state index < -0.39 is 11.7 Å². The van der Waals surface area contributed by atoms with Crippen LogP contribution in [0.2, 0.25) is 5.02 Å². The molecule has 1 fully saturated rings. The lowest BCUT2D eigenvalue weighted by Gasteiger charge is -2.12. The van der Waals surface area contributed by atoms with Crippen LogP contribution in [-0.2, 0) is 0 Å². The van der Waals surface area contributed by atoms with Gasteiger partial charge in [0.05, 0.1) is 5.56 Å². The summed E-state index contributed by atoms with van der Waals surface area (Å²) in [4.78, 5) is 14.1. The maximum absolute atomic E-state index is 13.5. The Morgan fingerprint density at radius 3 is 3.06 bits per heavy atom. The van der Waals surface area contributed by atoms with Crippen LogP contribution in [0.1, 0.15) is 16.8 Å². The highest BCUT2D eigenvalue weighted by Gasteiger charge is 2.20. The van der Waals surface area contributed by atoms with E-state index in [0.717, 1.165) is 19.5 Å². The highest BCUT2D eigenvalue weighted by Crippen LogP contribution is 2.16. The lowest BCUT2D eigenvalue weighted by Crippen LogP contribution is -2.31. The molecule has 98 valence electrons. The normalized spacial score (nSPS) is 20.1. The molecule has 1 aromatic carbocycles. The van der Waals surface area contributed by atoms with Gasteiger partial charge in [0.15, 0.2) is 0 Å². The summed E-state index contributed by atoms with van der Waals surface area (Å²) in [5, 5.41) is 3.13. The molecule has 0 aliphatic carbocycles. The van der Waals surface area contributed by atoms with Gasteiger partial charge in [0.25, 0.3) is 5.91 Å². The van der Waals surface area contributed by atoms with Crippen molar-refractivity contribution >= 4 is 17.5 Å². The van der Waals surface area contributed by atoms with Crippen LogP contribution in [0.4, 0.5) is 4.39 Å². The van der Waals surface area contributed by atoms with E-state index in [1.807, 2.05) is 0 Å². The third kappa shape index (κ3) is 3.21. The number of carbonyl (C=O) groups is 1. The van der Waals surface area contributed by atoms with E-state index in [4.69, 9.17) is 11.6 Å². The van der Waals surface area contributed by atoms with Gasteiger partial charge in [-0.05, 0) is 44.1 Å². The zero-order valence-corrected chi connectivity index (χ0v) is 11.0. The van der Waals surface area contributed by atoms with Gasteiger partial charge < -0.3 is 10.2 Å². The minimum Gasteiger partial charge on any atom is -0.352 e. The highest BCUT2D eigenvalue weighted by molar-refractivity contribution is 6.30. The van der Waals surface area contributed by atoms with Crippen LogP contribution in [0, 0.1) is 11.7 Å². The predicted octanol–water partition coefficient (Wildman–Crippen LogP) is 2.16. The SMILES string of the molecule is CN1CCC(CNC(=O)c2cc(Cl)ccc2F)C1. The lowest BCUT2D eigenvalue weighted by atomic mass is 10.1. The van der Waals surface area contributed by atoms with Crippen molar-refractivity contribution in [3.63, 3.8) is 0 Å². The van der Waals surface area contributed by atoms with Crippen LogP contribution >= 0.6 is 11.6 Å².